The van der Waals surface area contributed by atoms with Crippen molar-refractivity contribution in [2.75, 3.05) is 6.54 Å². The van der Waals surface area contributed by atoms with Gasteiger partial charge in [-0.25, -0.2) is 0 Å². The van der Waals surface area contributed by atoms with Crippen molar-refractivity contribution in [2.45, 2.75) is 38.3 Å². The SMILES string of the molecule is C=C(CC)C(O)CNC1CC1. The summed E-state index contributed by atoms with van der Waals surface area (Å²) in [6.07, 6.45) is 3.06. The van der Waals surface area contributed by atoms with E-state index in [2.05, 4.69) is 11.9 Å². The summed E-state index contributed by atoms with van der Waals surface area (Å²) in [6, 6.07) is 0.675. The van der Waals surface area contributed by atoms with Crippen molar-refractivity contribution in [3.63, 3.8) is 0 Å². The van der Waals surface area contributed by atoms with Crippen molar-refractivity contribution >= 4 is 0 Å². The van der Waals surface area contributed by atoms with E-state index < -0.39 is 0 Å². The summed E-state index contributed by atoms with van der Waals surface area (Å²) in [5.74, 6) is 0. The lowest BCUT2D eigenvalue weighted by Gasteiger charge is -2.12. The molecule has 0 aromatic rings. The molecule has 1 atom stereocenters. The predicted octanol–water partition coefficient (Wildman–Crippen LogP) is 1.07. The van der Waals surface area contributed by atoms with E-state index in [0.717, 1.165) is 12.0 Å². The third-order valence-electron chi connectivity index (χ3n) is 2.10. The number of rotatable bonds is 5. The highest BCUT2D eigenvalue weighted by atomic mass is 16.3. The first-order chi connectivity index (χ1) is 5.24. The van der Waals surface area contributed by atoms with Gasteiger partial charge in [0.1, 0.15) is 0 Å². The standard InChI is InChI=1S/C9H17NO/c1-3-7(2)9(11)6-10-8-4-5-8/h8-11H,2-6H2,1H3. The minimum Gasteiger partial charge on any atom is -0.387 e. The Morgan fingerprint density at radius 1 is 1.73 bits per heavy atom. The molecule has 0 aliphatic heterocycles. The summed E-state index contributed by atoms with van der Waals surface area (Å²) in [4.78, 5) is 0. The first-order valence-electron chi connectivity index (χ1n) is 4.33. The van der Waals surface area contributed by atoms with Gasteiger partial charge in [-0.3, -0.25) is 0 Å². The molecule has 0 aromatic carbocycles. The molecule has 64 valence electrons. The van der Waals surface area contributed by atoms with Gasteiger partial charge in [0.2, 0.25) is 0 Å². The van der Waals surface area contributed by atoms with E-state index in [1.807, 2.05) is 6.92 Å². The maximum atomic E-state index is 9.43. The van der Waals surface area contributed by atoms with Crippen LogP contribution in [-0.4, -0.2) is 23.8 Å². The van der Waals surface area contributed by atoms with Gasteiger partial charge in [0.05, 0.1) is 6.10 Å². The molecule has 1 aliphatic rings. The molecule has 1 unspecified atom stereocenters. The molecule has 2 nitrogen and oxygen atoms in total. The Morgan fingerprint density at radius 2 is 2.36 bits per heavy atom. The monoisotopic (exact) mass is 155 g/mol. The predicted molar refractivity (Wildman–Crippen MR) is 46.5 cm³/mol. The fourth-order valence-electron chi connectivity index (χ4n) is 0.946. The lowest BCUT2D eigenvalue weighted by atomic mass is 10.1. The topological polar surface area (TPSA) is 32.3 Å². The second kappa shape index (κ2) is 3.88. The Hall–Kier alpha value is -0.340. The fraction of sp³-hybridized carbons (Fsp3) is 0.778. The molecule has 1 rings (SSSR count). The average Bonchev–Trinajstić information content (AvgIpc) is 2.81. The van der Waals surface area contributed by atoms with Crippen LogP contribution in [0.25, 0.3) is 0 Å². The second-order valence-electron chi connectivity index (χ2n) is 3.21. The van der Waals surface area contributed by atoms with Gasteiger partial charge in [-0.15, -0.1) is 0 Å². The molecule has 1 saturated carbocycles. The molecule has 0 saturated heterocycles. The smallest absolute Gasteiger partial charge is 0.0871 e. The minimum absolute atomic E-state index is 0.347. The van der Waals surface area contributed by atoms with Crippen LogP contribution >= 0.6 is 0 Å². The molecule has 0 radical (unpaired) electrons. The summed E-state index contributed by atoms with van der Waals surface area (Å²) >= 11 is 0. The van der Waals surface area contributed by atoms with Gasteiger partial charge in [-0.1, -0.05) is 13.5 Å². The molecule has 0 bridgehead atoms. The zero-order valence-corrected chi connectivity index (χ0v) is 7.14. The highest BCUT2D eigenvalue weighted by molar-refractivity contribution is 5.01. The van der Waals surface area contributed by atoms with Gasteiger partial charge in [0.25, 0.3) is 0 Å². The summed E-state index contributed by atoms with van der Waals surface area (Å²) in [5, 5.41) is 12.7. The van der Waals surface area contributed by atoms with Gasteiger partial charge in [-0.2, -0.15) is 0 Å². The number of hydrogen-bond acceptors (Lipinski definition) is 2. The third kappa shape index (κ3) is 3.04. The molecule has 0 heterocycles. The van der Waals surface area contributed by atoms with E-state index in [0.29, 0.717) is 12.6 Å². The summed E-state index contributed by atoms with van der Waals surface area (Å²) in [5.41, 5.74) is 0.929. The molecule has 0 spiro atoms. The van der Waals surface area contributed by atoms with E-state index in [-0.39, 0.29) is 6.10 Å². The molecular weight excluding hydrogens is 138 g/mol. The van der Waals surface area contributed by atoms with Gasteiger partial charge in [-0.05, 0) is 24.8 Å². The molecule has 0 aromatic heterocycles. The summed E-state index contributed by atoms with van der Waals surface area (Å²) in [7, 11) is 0. The van der Waals surface area contributed by atoms with Crippen molar-refractivity contribution in [3.05, 3.63) is 12.2 Å². The molecule has 11 heavy (non-hydrogen) atoms. The number of aliphatic hydroxyl groups is 1. The number of aliphatic hydroxyl groups excluding tert-OH is 1. The van der Waals surface area contributed by atoms with Crippen LogP contribution in [0, 0.1) is 0 Å². The van der Waals surface area contributed by atoms with E-state index in [1.54, 1.807) is 0 Å². The zero-order chi connectivity index (χ0) is 8.27. The van der Waals surface area contributed by atoms with E-state index in [1.165, 1.54) is 12.8 Å². The molecule has 2 heteroatoms. The van der Waals surface area contributed by atoms with Crippen LogP contribution in [0.2, 0.25) is 0 Å². The Balaban J connectivity index is 2.08. The van der Waals surface area contributed by atoms with Crippen LogP contribution in [-0.2, 0) is 0 Å². The van der Waals surface area contributed by atoms with Crippen molar-refractivity contribution in [1.82, 2.24) is 5.32 Å². The third-order valence-corrected chi connectivity index (χ3v) is 2.10. The van der Waals surface area contributed by atoms with Gasteiger partial charge < -0.3 is 10.4 Å². The highest BCUT2D eigenvalue weighted by Gasteiger charge is 2.21. The van der Waals surface area contributed by atoms with Crippen LogP contribution in [0.15, 0.2) is 12.2 Å². The van der Waals surface area contributed by atoms with Crippen molar-refractivity contribution in [1.29, 1.82) is 0 Å². The van der Waals surface area contributed by atoms with E-state index in [9.17, 15) is 5.11 Å². The van der Waals surface area contributed by atoms with Gasteiger partial charge in [0, 0.05) is 12.6 Å². The van der Waals surface area contributed by atoms with Crippen molar-refractivity contribution < 1.29 is 5.11 Å². The Morgan fingerprint density at radius 3 is 2.82 bits per heavy atom. The maximum absolute atomic E-state index is 9.43. The van der Waals surface area contributed by atoms with Gasteiger partial charge in [0.15, 0.2) is 0 Å². The maximum Gasteiger partial charge on any atom is 0.0871 e. The van der Waals surface area contributed by atoms with Crippen LogP contribution in [0.4, 0.5) is 0 Å². The van der Waals surface area contributed by atoms with Crippen LogP contribution in [0.3, 0.4) is 0 Å². The van der Waals surface area contributed by atoms with Crippen LogP contribution in [0.5, 0.6) is 0 Å². The second-order valence-corrected chi connectivity index (χ2v) is 3.21. The summed E-state index contributed by atoms with van der Waals surface area (Å²) < 4.78 is 0. The first-order valence-corrected chi connectivity index (χ1v) is 4.33. The zero-order valence-electron chi connectivity index (χ0n) is 7.14. The number of hydrogen-bond donors (Lipinski definition) is 2. The van der Waals surface area contributed by atoms with Crippen molar-refractivity contribution in [2.24, 2.45) is 0 Å². The molecule has 0 amide bonds. The quantitative estimate of drug-likeness (QED) is 0.582. The Labute approximate surface area is 68.3 Å². The largest absolute Gasteiger partial charge is 0.387 e. The lowest BCUT2D eigenvalue weighted by Crippen LogP contribution is -2.29. The Kier molecular flexibility index (Phi) is 3.09. The molecule has 1 fully saturated rings. The molecule has 1 aliphatic carbocycles. The fourth-order valence-corrected chi connectivity index (χ4v) is 0.946. The van der Waals surface area contributed by atoms with E-state index in [4.69, 9.17) is 0 Å². The Bertz CT molecular complexity index is 140. The lowest BCUT2D eigenvalue weighted by molar-refractivity contribution is 0.203. The van der Waals surface area contributed by atoms with Crippen molar-refractivity contribution in [3.8, 4) is 0 Å². The summed E-state index contributed by atoms with van der Waals surface area (Å²) in [6.45, 7) is 6.48. The first kappa shape index (κ1) is 8.75. The average molecular weight is 155 g/mol. The van der Waals surface area contributed by atoms with Crippen LogP contribution < -0.4 is 5.32 Å². The van der Waals surface area contributed by atoms with E-state index >= 15 is 0 Å². The minimum atomic E-state index is -0.347. The molecular formula is C9H17NO. The normalized spacial score (nSPS) is 19.8. The number of nitrogens with one attached hydrogen (secondary N) is 1. The highest BCUT2D eigenvalue weighted by Crippen LogP contribution is 2.18. The molecule has 2 N–H and O–H groups in total. The van der Waals surface area contributed by atoms with Crippen LogP contribution in [0.1, 0.15) is 26.2 Å². The van der Waals surface area contributed by atoms with Gasteiger partial charge >= 0.3 is 0 Å².